The van der Waals surface area contributed by atoms with E-state index in [1.54, 1.807) is 0 Å². The van der Waals surface area contributed by atoms with Crippen LogP contribution in [0, 0.1) is 0 Å². The van der Waals surface area contributed by atoms with Crippen molar-refractivity contribution in [2.75, 3.05) is 6.61 Å². The first kappa shape index (κ1) is 15.0. The minimum absolute atomic E-state index is 0.0585. The van der Waals surface area contributed by atoms with Gasteiger partial charge in [0, 0.05) is 11.1 Å². The van der Waals surface area contributed by atoms with E-state index in [1.807, 2.05) is 54.6 Å². The van der Waals surface area contributed by atoms with Gasteiger partial charge in [0.1, 0.15) is 0 Å². The number of aliphatic hydroxyl groups excluding tert-OH is 1. The fraction of sp³-hybridized carbons (Fsp3) is 0.294. The van der Waals surface area contributed by atoms with Crippen LogP contribution in [-0.4, -0.2) is 11.7 Å². The monoisotopic (exact) mass is 289 g/mol. The van der Waals surface area contributed by atoms with E-state index >= 15 is 0 Å². The molecular formula is C17H20ClNO. The molecule has 1 unspecified atom stereocenters. The zero-order valence-corrected chi connectivity index (χ0v) is 12.3. The average molecular weight is 290 g/mol. The highest BCUT2D eigenvalue weighted by molar-refractivity contribution is 6.30. The predicted octanol–water partition coefficient (Wildman–Crippen LogP) is 4.11. The van der Waals surface area contributed by atoms with Crippen LogP contribution in [-0.2, 0) is 0 Å². The van der Waals surface area contributed by atoms with Crippen molar-refractivity contribution in [3.8, 4) is 0 Å². The first-order valence-corrected chi connectivity index (χ1v) is 7.29. The Morgan fingerprint density at radius 1 is 0.950 bits per heavy atom. The quantitative estimate of drug-likeness (QED) is 0.838. The second kappa shape index (κ2) is 7.44. The van der Waals surface area contributed by atoms with Gasteiger partial charge in [-0.1, -0.05) is 61.0 Å². The topological polar surface area (TPSA) is 32.3 Å². The molecule has 3 heteroatoms. The summed E-state index contributed by atoms with van der Waals surface area (Å²) in [5, 5.41) is 13.9. The Bertz CT molecular complexity index is 512. The zero-order chi connectivity index (χ0) is 14.4. The van der Waals surface area contributed by atoms with Crippen molar-refractivity contribution in [3.05, 3.63) is 70.7 Å². The van der Waals surface area contributed by atoms with Crippen LogP contribution in [0.1, 0.15) is 36.6 Å². The molecule has 106 valence electrons. The van der Waals surface area contributed by atoms with E-state index in [2.05, 4.69) is 12.2 Å². The Hall–Kier alpha value is -1.35. The third kappa shape index (κ3) is 3.83. The summed E-state index contributed by atoms with van der Waals surface area (Å²) in [6.45, 7) is 2.21. The molecule has 2 aromatic carbocycles. The van der Waals surface area contributed by atoms with Gasteiger partial charge in [0.05, 0.1) is 12.6 Å². The molecule has 0 saturated heterocycles. The molecule has 0 spiro atoms. The Balaban J connectivity index is 2.14. The van der Waals surface area contributed by atoms with Crippen LogP contribution in [0.2, 0.25) is 5.02 Å². The molecule has 0 heterocycles. The molecule has 2 nitrogen and oxygen atoms in total. The van der Waals surface area contributed by atoms with E-state index < -0.39 is 0 Å². The molecule has 0 aliphatic rings. The molecule has 0 aromatic heterocycles. The van der Waals surface area contributed by atoms with Crippen LogP contribution in [0.25, 0.3) is 0 Å². The fourth-order valence-corrected chi connectivity index (χ4v) is 2.45. The molecule has 2 N–H and O–H groups in total. The van der Waals surface area contributed by atoms with Crippen molar-refractivity contribution < 1.29 is 5.11 Å². The molecule has 0 radical (unpaired) electrons. The van der Waals surface area contributed by atoms with E-state index in [1.165, 1.54) is 5.56 Å². The molecule has 2 rings (SSSR count). The van der Waals surface area contributed by atoms with Crippen LogP contribution in [0.4, 0.5) is 0 Å². The highest BCUT2D eigenvalue weighted by atomic mass is 35.5. The van der Waals surface area contributed by atoms with Crippen molar-refractivity contribution in [1.29, 1.82) is 0 Å². The number of aliphatic hydroxyl groups is 1. The maximum Gasteiger partial charge on any atom is 0.0626 e. The van der Waals surface area contributed by atoms with Gasteiger partial charge < -0.3 is 10.4 Å². The third-order valence-corrected chi connectivity index (χ3v) is 3.72. The highest BCUT2D eigenvalue weighted by Crippen LogP contribution is 2.23. The number of hydrogen-bond acceptors (Lipinski definition) is 2. The largest absolute Gasteiger partial charge is 0.394 e. The molecule has 0 bridgehead atoms. The number of halogens is 1. The number of rotatable bonds is 6. The summed E-state index contributed by atoms with van der Waals surface area (Å²) >= 11 is 5.93. The third-order valence-electron chi connectivity index (χ3n) is 3.47. The van der Waals surface area contributed by atoms with Gasteiger partial charge in [-0.15, -0.1) is 0 Å². The summed E-state index contributed by atoms with van der Waals surface area (Å²) in [6.07, 6.45) is 0.949. The van der Waals surface area contributed by atoms with Crippen LogP contribution >= 0.6 is 11.6 Å². The summed E-state index contributed by atoms with van der Waals surface area (Å²) < 4.78 is 0. The highest BCUT2D eigenvalue weighted by Gasteiger charge is 2.16. The Morgan fingerprint density at radius 3 is 2.10 bits per heavy atom. The Labute approximate surface area is 125 Å². The second-order valence-electron chi connectivity index (χ2n) is 4.82. The van der Waals surface area contributed by atoms with Gasteiger partial charge in [-0.2, -0.15) is 0 Å². The molecule has 0 aliphatic carbocycles. The lowest BCUT2D eigenvalue weighted by Gasteiger charge is -2.24. The normalized spacial score (nSPS) is 13.9. The van der Waals surface area contributed by atoms with Gasteiger partial charge >= 0.3 is 0 Å². The van der Waals surface area contributed by atoms with Gasteiger partial charge in [0.2, 0.25) is 0 Å². The lowest BCUT2D eigenvalue weighted by molar-refractivity contribution is 0.232. The molecular weight excluding hydrogens is 270 g/mol. The minimum atomic E-state index is -0.0585. The molecule has 2 aromatic rings. The molecule has 20 heavy (non-hydrogen) atoms. The van der Waals surface area contributed by atoms with Crippen molar-refractivity contribution in [1.82, 2.24) is 5.32 Å². The SMILES string of the molecule is CCC(N[C@H](CO)c1ccccc1)c1ccc(Cl)cc1. The van der Waals surface area contributed by atoms with Gasteiger partial charge in [0.15, 0.2) is 0 Å². The van der Waals surface area contributed by atoms with E-state index in [4.69, 9.17) is 11.6 Å². The van der Waals surface area contributed by atoms with Crippen LogP contribution in [0.5, 0.6) is 0 Å². The standard InChI is InChI=1S/C17H20ClNO/c1-2-16(14-8-10-15(18)11-9-14)19-17(12-20)13-6-4-3-5-7-13/h3-11,16-17,19-20H,2,12H2,1H3/t16?,17-/m1/s1. The number of hydrogen-bond donors (Lipinski definition) is 2. The maximum atomic E-state index is 9.63. The minimum Gasteiger partial charge on any atom is -0.394 e. The fourth-order valence-electron chi connectivity index (χ4n) is 2.33. The summed E-state index contributed by atoms with van der Waals surface area (Å²) in [7, 11) is 0. The predicted molar refractivity (Wildman–Crippen MR) is 83.9 cm³/mol. The van der Waals surface area contributed by atoms with Crippen molar-refractivity contribution in [3.63, 3.8) is 0 Å². The Kier molecular flexibility index (Phi) is 5.60. The smallest absolute Gasteiger partial charge is 0.0626 e. The molecule has 0 saturated carbocycles. The lowest BCUT2D eigenvalue weighted by atomic mass is 10.0. The zero-order valence-electron chi connectivity index (χ0n) is 11.6. The van der Waals surface area contributed by atoms with E-state index in [0.29, 0.717) is 0 Å². The average Bonchev–Trinajstić information content (AvgIpc) is 2.51. The van der Waals surface area contributed by atoms with Crippen LogP contribution in [0.15, 0.2) is 54.6 Å². The summed E-state index contributed by atoms with van der Waals surface area (Å²) in [6, 6.07) is 18.0. The van der Waals surface area contributed by atoms with Gasteiger partial charge in [-0.25, -0.2) is 0 Å². The van der Waals surface area contributed by atoms with Crippen LogP contribution in [0.3, 0.4) is 0 Å². The second-order valence-corrected chi connectivity index (χ2v) is 5.26. The number of benzene rings is 2. The summed E-state index contributed by atoms with van der Waals surface area (Å²) in [5.41, 5.74) is 2.29. The molecule has 0 fully saturated rings. The lowest BCUT2D eigenvalue weighted by Crippen LogP contribution is -2.28. The Morgan fingerprint density at radius 2 is 1.55 bits per heavy atom. The van der Waals surface area contributed by atoms with Crippen molar-refractivity contribution >= 4 is 11.6 Å². The van der Waals surface area contributed by atoms with E-state index in [9.17, 15) is 5.11 Å². The van der Waals surface area contributed by atoms with Crippen molar-refractivity contribution in [2.24, 2.45) is 0 Å². The van der Waals surface area contributed by atoms with Crippen molar-refractivity contribution in [2.45, 2.75) is 25.4 Å². The van der Waals surface area contributed by atoms with Gasteiger partial charge in [-0.05, 0) is 29.7 Å². The van der Waals surface area contributed by atoms with Crippen LogP contribution < -0.4 is 5.32 Å². The van der Waals surface area contributed by atoms with Gasteiger partial charge in [0.25, 0.3) is 0 Å². The number of nitrogens with one attached hydrogen (secondary N) is 1. The first-order chi connectivity index (χ1) is 9.74. The molecule has 0 aliphatic heterocycles. The van der Waals surface area contributed by atoms with Gasteiger partial charge in [-0.3, -0.25) is 0 Å². The summed E-state index contributed by atoms with van der Waals surface area (Å²) in [5.74, 6) is 0. The first-order valence-electron chi connectivity index (χ1n) is 6.92. The summed E-state index contributed by atoms with van der Waals surface area (Å²) in [4.78, 5) is 0. The van der Waals surface area contributed by atoms with E-state index in [0.717, 1.165) is 17.0 Å². The van der Waals surface area contributed by atoms with E-state index in [-0.39, 0.29) is 18.7 Å². The molecule has 0 amide bonds. The maximum absolute atomic E-state index is 9.63. The molecule has 2 atom stereocenters.